The summed E-state index contributed by atoms with van der Waals surface area (Å²) in [6, 6.07) is 0. The second-order valence-corrected chi connectivity index (χ2v) is 7.26. The average molecular weight is 461 g/mol. The SMILES string of the molecule is CCCn1c(=O)n([C@@H]2O[C@H](C(OC(C)=O)C(F)(F)F)C[C@H]2OC(C)=O)c2nc(N)ncc21. The zero-order valence-corrected chi connectivity index (χ0v) is 17.5. The van der Waals surface area contributed by atoms with Crippen molar-refractivity contribution in [1.82, 2.24) is 19.1 Å². The first-order valence-electron chi connectivity index (χ1n) is 9.73. The number of hydrogen-bond acceptors (Lipinski definition) is 9. The Morgan fingerprint density at radius 2 is 2.03 bits per heavy atom. The summed E-state index contributed by atoms with van der Waals surface area (Å²) in [6.45, 7) is 3.99. The van der Waals surface area contributed by atoms with Crippen LogP contribution >= 0.6 is 0 Å². The van der Waals surface area contributed by atoms with Gasteiger partial charge in [0.25, 0.3) is 0 Å². The Balaban J connectivity index is 2.12. The van der Waals surface area contributed by atoms with Gasteiger partial charge in [0.15, 0.2) is 11.9 Å². The van der Waals surface area contributed by atoms with Crippen LogP contribution in [0.25, 0.3) is 11.2 Å². The Hall–Kier alpha value is -3.16. The molecule has 1 saturated heterocycles. The van der Waals surface area contributed by atoms with Crippen molar-refractivity contribution in [2.45, 2.75) is 70.9 Å². The highest BCUT2D eigenvalue weighted by Gasteiger charge is 2.54. The van der Waals surface area contributed by atoms with E-state index in [1.807, 2.05) is 6.92 Å². The Morgan fingerprint density at radius 3 is 2.59 bits per heavy atom. The van der Waals surface area contributed by atoms with Gasteiger partial charge in [-0.1, -0.05) is 6.92 Å². The van der Waals surface area contributed by atoms with E-state index in [4.69, 9.17) is 15.2 Å². The maximum Gasteiger partial charge on any atom is 0.428 e. The molecule has 4 atom stereocenters. The van der Waals surface area contributed by atoms with E-state index in [0.29, 0.717) is 6.42 Å². The van der Waals surface area contributed by atoms with E-state index in [-0.39, 0.29) is 23.7 Å². The van der Waals surface area contributed by atoms with E-state index >= 15 is 0 Å². The Bertz CT molecular complexity index is 1080. The van der Waals surface area contributed by atoms with Gasteiger partial charge < -0.3 is 19.9 Å². The van der Waals surface area contributed by atoms with Crippen molar-refractivity contribution in [3.8, 4) is 0 Å². The molecule has 2 N–H and O–H groups in total. The Kier molecular flexibility index (Phi) is 6.44. The molecule has 11 nitrogen and oxygen atoms in total. The first-order chi connectivity index (χ1) is 14.9. The largest absolute Gasteiger partial charge is 0.458 e. The van der Waals surface area contributed by atoms with Gasteiger partial charge in [-0.25, -0.2) is 14.3 Å². The van der Waals surface area contributed by atoms with Gasteiger partial charge in [0.2, 0.25) is 12.1 Å². The predicted molar refractivity (Wildman–Crippen MR) is 102 cm³/mol. The summed E-state index contributed by atoms with van der Waals surface area (Å²) in [6.07, 6.45) is -10.7. The highest BCUT2D eigenvalue weighted by molar-refractivity contribution is 5.72. The Labute approximate surface area is 179 Å². The minimum absolute atomic E-state index is 0.00907. The lowest BCUT2D eigenvalue weighted by Gasteiger charge is -2.25. The molecule has 0 bridgehead atoms. The minimum Gasteiger partial charge on any atom is -0.458 e. The molecule has 1 unspecified atom stereocenters. The van der Waals surface area contributed by atoms with Crippen molar-refractivity contribution in [2.75, 3.05) is 5.73 Å². The molecule has 3 heterocycles. The van der Waals surface area contributed by atoms with Crippen LogP contribution in [0.3, 0.4) is 0 Å². The monoisotopic (exact) mass is 461 g/mol. The number of imidazole rings is 1. The number of carbonyl (C=O) groups is 2. The summed E-state index contributed by atoms with van der Waals surface area (Å²) < 4.78 is 58.2. The molecule has 0 spiro atoms. The number of fused-ring (bicyclic) bond motifs is 1. The molecular weight excluding hydrogens is 439 g/mol. The molecule has 1 aliphatic rings. The van der Waals surface area contributed by atoms with Crippen molar-refractivity contribution in [1.29, 1.82) is 0 Å². The maximum atomic E-state index is 13.6. The smallest absolute Gasteiger partial charge is 0.428 e. The molecule has 0 amide bonds. The van der Waals surface area contributed by atoms with E-state index in [0.717, 1.165) is 18.4 Å². The van der Waals surface area contributed by atoms with Crippen LogP contribution in [0.1, 0.15) is 39.8 Å². The summed E-state index contributed by atoms with van der Waals surface area (Å²) in [7, 11) is 0. The number of anilines is 1. The summed E-state index contributed by atoms with van der Waals surface area (Å²) in [5, 5.41) is 0. The first kappa shape index (κ1) is 23.5. The number of ether oxygens (including phenoxy) is 3. The van der Waals surface area contributed by atoms with E-state index < -0.39 is 54.8 Å². The van der Waals surface area contributed by atoms with Crippen molar-refractivity contribution in [3.63, 3.8) is 0 Å². The molecule has 176 valence electrons. The molecule has 1 fully saturated rings. The third kappa shape index (κ3) is 4.54. The van der Waals surface area contributed by atoms with Gasteiger partial charge in [-0.15, -0.1) is 0 Å². The molecule has 3 rings (SSSR count). The van der Waals surface area contributed by atoms with E-state index in [9.17, 15) is 27.6 Å². The fourth-order valence-corrected chi connectivity index (χ4v) is 3.68. The topological polar surface area (TPSA) is 141 Å². The molecular formula is C18H22F3N5O6. The lowest BCUT2D eigenvalue weighted by molar-refractivity contribution is -0.248. The number of esters is 2. The van der Waals surface area contributed by atoms with E-state index in [1.54, 1.807) is 0 Å². The number of nitrogens with zero attached hydrogens (tertiary/aromatic N) is 4. The molecule has 2 aromatic rings. The van der Waals surface area contributed by atoms with Crippen LogP contribution in [0.4, 0.5) is 19.1 Å². The summed E-state index contributed by atoms with van der Waals surface area (Å²) in [5.74, 6) is -2.13. The number of halogens is 3. The molecule has 0 aromatic carbocycles. The quantitative estimate of drug-likeness (QED) is 0.630. The number of nitrogens with two attached hydrogens (primary N) is 1. The van der Waals surface area contributed by atoms with E-state index in [1.165, 1.54) is 10.8 Å². The fraction of sp³-hybridized carbons (Fsp3) is 0.611. The number of aryl methyl sites for hydroxylation is 1. The Morgan fingerprint density at radius 1 is 1.34 bits per heavy atom. The van der Waals surface area contributed by atoms with Gasteiger partial charge >= 0.3 is 23.8 Å². The lowest BCUT2D eigenvalue weighted by atomic mass is 10.1. The fourth-order valence-electron chi connectivity index (χ4n) is 3.68. The van der Waals surface area contributed by atoms with Gasteiger partial charge in [0.05, 0.1) is 6.20 Å². The zero-order chi connectivity index (χ0) is 23.8. The van der Waals surface area contributed by atoms with Crippen molar-refractivity contribution < 1.29 is 37.0 Å². The highest BCUT2D eigenvalue weighted by Crippen LogP contribution is 2.39. The van der Waals surface area contributed by atoms with Crippen LogP contribution < -0.4 is 11.4 Å². The summed E-state index contributed by atoms with van der Waals surface area (Å²) >= 11 is 0. The second kappa shape index (κ2) is 8.76. The normalized spacial score (nSPS) is 22.1. The van der Waals surface area contributed by atoms with Crippen LogP contribution in [0.5, 0.6) is 0 Å². The van der Waals surface area contributed by atoms with Crippen LogP contribution in [0.2, 0.25) is 0 Å². The molecule has 2 aromatic heterocycles. The number of alkyl halides is 3. The van der Waals surface area contributed by atoms with Crippen LogP contribution in [-0.4, -0.2) is 55.5 Å². The van der Waals surface area contributed by atoms with Gasteiger partial charge in [-0.3, -0.25) is 14.2 Å². The number of aromatic nitrogens is 4. The molecule has 0 saturated carbocycles. The zero-order valence-electron chi connectivity index (χ0n) is 17.5. The van der Waals surface area contributed by atoms with Gasteiger partial charge in [0, 0.05) is 26.8 Å². The van der Waals surface area contributed by atoms with Crippen molar-refractivity contribution in [3.05, 3.63) is 16.7 Å². The van der Waals surface area contributed by atoms with Crippen molar-refractivity contribution in [2.24, 2.45) is 0 Å². The number of carbonyl (C=O) groups excluding carboxylic acids is 2. The number of rotatable bonds is 6. The average Bonchev–Trinajstić information content (AvgIpc) is 3.17. The molecule has 1 aliphatic heterocycles. The van der Waals surface area contributed by atoms with Gasteiger partial charge in [-0.05, 0) is 6.42 Å². The van der Waals surface area contributed by atoms with E-state index in [2.05, 4.69) is 14.7 Å². The first-order valence-corrected chi connectivity index (χ1v) is 9.73. The van der Waals surface area contributed by atoms with Crippen molar-refractivity contribution >= 4 is 29.1 Å². The highest BCUT2D eigenvalue weighted by atomic mass is 19.4. The number of nitrogen functional groups attached to an aromatic ring is 1. The summed E-state index contributed by atoms with van der Waals surface area (Å²) in [4.78, 5) is 43.9. The number of hydrogen-bond donors (Lipinski definition) is 1. The maximum absolute atomic E-state index is 13.6. The lowest BCUT2D eigenvalue weighted by Crippen LogP contribution is -2.43. The molecule has 32 heavy (non-hydrogen) atoms. The van der Waals surface area contributed by atoms with Crippen LogP contribution in [-0.2, 0) is 30.3 Å². The molecule has 14 heteroatoms. The van der Waals surface area contributed by atoms with Gasteiger partial charge in [-0.2, -0.15) is 18.2 Å². The van der Waals surface area contributed by atoms with Crippen LogP contribution in [0, 0.1) is 0 Å². The standard InChI is InChI=1S/C18H22F3N5O6/c1-4-5-25-10-7-23-16(22)24-14(10)26(17(25)29)15-12(30-8(2)27)6-11(32-15)13(18(19,20)21)31-9(3)28/h7,11-13,15H,4-6H2,1-3H3,(H2,22,23,24)/t11-,12+,13?,15+/m0/s1. The molecule has 0 aliphatic carbocycles. The van der Waals surface area contributed by atoms with Crippen LogP contribution in [0.15, 0.2) is 11.0 Å². The third-order valence-corrected chi connectivity index (χ3v) is 4.79. The summed E-state index contributed by atoms with van der Waals surface area (Å²) in [5.41, 5.74) is 5.29. The minimum atomic E-state index is -4.96. The molecule has 0 radical (unpaired) electrons. The second-order valence-electron chi connectivity index (χ2n) is 7.26. The predicted octanol–water partition coefficient (Wildman–Crippen LogP) is 1.30. The van der Waals surface area contributed by atoms with Gasteiger partial charge in [0.1, 0.15) is 17.7 Å². The third-order valence-electron chi connectivity index (χ3n) is 4.79.